The zero-order valence-electron chi connectivity index (χ0n) is 11.8. The molecule has 1 N–H and O–H groups in total. The van der Waals surface area contributed by atoms with Crippen LogP contribution in [0.15, 0.2) is 34.9 Å². The second kappa shape index (κ2) is 6.34. The molecule has 2 rings (SSSR count). The lowest BCUT2D eigenvalue weighted by Gasteiger charge is -2.15. The highest BCUT2D eigenvalue weighted by molar-refractivity contribution is 5.82. The molecule has 0 radical (unpaired) electrons. The van der Waals surface area contributed by atoms with Gasteiger partial charge in [0.1, 0.15) is 5.76 Å². The largest absolute Gasteiger partial charge is 0.367 e. The Balaban J connectivity index is 2.04. The molecule has 0 saturated carbocycles. The molecule has 5 heteroatoms. The summed E-state index contributed by atoms with van der Waals surface area (Å²) in [4.78, 5) is 12.2. The van der Waals surface area contributed by atoms with E-state index in [1.165, 1.54) is 7.11 Å². The number of aryl methyl sites for hydroxylation is 2. The fourth-order valence-corrected chi connectivity index (χ4v) is 2.04. The van der Waals surface area contributed by atoms with E-state index in [0.29, 0.717) is 6.54 Å². The average molecular weight is 274 g/mol. The third kappa shape index (κ3) is 3.05. The molecule has 0 aliphatic rings. The van der Waals surface area contributed by atoms with E-state index in [2.05, 4.69) is 10.5 Å². The van der Waals surface area contributed by atoms with Crippen LogP contribution in [0.3, 0.4) is 0 Å². The summed E-state index contributed by atoms with van der Waals surface area (Å²) < 4.78 is 10.3. The number of rotatable bonds is 5. The Labute approximate surface area is 117 Å². The summed E-state index contributed by atoms with van der Waals surface area (Å²) in [6.07, 6.45) is -0.614. The van der Waals surface area contributed by atoms with Gasteiger partial charge in [0, 0.05) is 19.2 Å². The van der Waals surface area contributed by atoms with Gasteiger partial charge in [-0.1, -0.05) is 35.5 Å². The highest BCUT2D eigenvalue weighted by Crippen LogP contribution is 2.17. The first-order chi connectivity index (χ1) is 9.63. The molecule has 1 amide bonds. The molecular weight excluding hydrogens is 256 g/mol. The SMILES string of the molecule is COC(C(=O)NCc1c(C)noc1C)c1ccccc1. The molecule has 1 atom stereocenters. The molecule has 1 aromatic carbocycles. The van der Waals surface area contributed by atoms with Crippen molar-refractivity contribution in [1.82, 2.24) is 10.5 Å². The van der Waals surface area contributed by atoms with E-state index >= 15 is 0 Å². The van der Waals surface area contributed by atoms with Crippen LogP contribution >= 0.6 is 0 Å². The number of aromatic nitrogens is 1. The summed E-state index contributed by atoms with van der Waals surface area (Å²) in [7, 11) is 1.52. The molecule has 0 aliphatic carbocycles. The molecular formula is C15H18N2O3. The second-order valence-electron chi connectivity index (χ2n) is 4.55. The minimum absolute atomic E-state index is 0.182. The lowest BCUT2D eigenvalue weighted by Crippen LogP contribution is -2.30. The monoisotopic (exact) mass is 274 g/mol. The van der Waals surface area contributed by atoms with Crippen molar-refractivity contribution >= 4 is 5.91 Å². The topological polar surface area (TPSA) is 64.4 Å². The summed E-state index contributed by atoms with van der Waals surface area (Å²) in [6, 6.07) is 9.39. The number of nitrogens with one attached hydrogen (secondary N) is 1. The highest BCUT2D eigenvalue weighted by Gasteiger charge is 2.20. The Morgan fingerprint density at radius 1 is 1.35 bits per heavy atom. The summed E-state index contributed by atoms with van der Waals surface area (Å²) in [6.45, 7) is 4.06. The summed E-state index contributed by atoms with van der Waals surface area (Å²) in [5, 5.41) is 6.71. The number of nitrogens with zero attached hydrogens (tertiary/aromatic N) is 1. The Morgan fingerprint density at radius 3 is 2.60 bits per heavy atom. The van der Waals surface area contributed by atoms with Crippen molar-refractivity contribution in [1.29, 1.82) is 0 Å². The number of ether oxygens (including phenoxy) is 1. The van der Waals surface area contributed by atoms with Gasteiger partial charge < -0.3 is 14.6 Å². The number of methoxy groups -OCH3 is 1. The molecule has 1 aromatic heterocycles. The maximum Gasteiger partial charge on any atom is 0.254 e. The van der Waals surface area contributed by atoms with Gasteiger partial charge in [0.05, 0.1) is 5.69 Å². The Kier molecular flexibility index (Phi) is 4.53. The minimum atomic E-state index is -0.614. The first-order valence-corrected chi connectivity index (χ1v) is 6.40. The van der Waals surface area contributed by atoms with Gasteiger partial charge >= 0.3 is 0 Å². The highest BCUT2D eigenvalue weighted by atomic mass is 16.5. The number of amides is 1. The van der Waals surface area contributed by atoms with Gasteiger partial charge in [-0.05, 0) is 19.4 Å². The van der Waals surface area contributed by atoms with Crippen molar-refractivity contribution in [2.75, 3.05) is 7.11 Å². The van der Waals surface area contributed by atoms with Crippen LogP contribution in [-0.2, 0) is 16.1 Å². The van der Waals surface area contributed by atoms with Crippen LogP contribution in [0.2, 0.25) is 0 Å². The number of carbonyl (C=O) groups is 1. The lowest BCUT2D eigenvalue weighted by molar-refractivity contribution is -0.131. The van der Waals surface area contributed by atoms with Crippen LogP contribution in [0.1, 0.15) is 28.7 Å². The molecule has 20 heavy (non-hydrogen) atoms. The second-order valence-corrected chi connectivity index (χ2v) is 4.55. The van der Waals surface area contributed by atoms with Crippen LogP contribution in [0, 0.1) is 13.8 Å². The normalized spacial score (nSPS) is 12.2. The first kappa shape index (κ1) is 14.3. The number of benzene rings is 1. The molecule has 5 nitrogen and oxygen atoms in total. The number of hydrogen-bond acceptors (Lipinski definition) is 4. The zero-order chi connectivity index (χ0) is 14.5. The maximum atomic E-state index is 12.2. The van der Waals surface area contributed by atoms with Gasteiger partial charge in [0.2, 0.25) is 0 Å². The van der Waals surface area contributed by atoms with E-state index in [-0.39, 0.29) is 5.91 Å². The Bertz CT molecular complexity index is 559. The van der Waals surface area contributed by atoms with Crippen molar-refractivity contribution in [2.24, 2.45) is 0 Å². The average Bonchev–Trinajstić information content (AvgIpc) is 2.78. The van der Waals surface area contributed by atoms with E-state index in [0.717, 1.165) is 22.6 Å². The van der Waals surface area contributed by atoms with E-state index < -0.39 is 6.10 Å². The van der Waals surface area contributed by atoms with Gasteiger partial charge in [-0.3, -0.25) is 4.79 Å². The van der Waals surface area contributed by atoms with Crippen LogP contribution in [0.5, 0.6) is 0 Å². The molecule has 1 unspecified atom stereocenters. The van der Waals surface area contributed by atoms with Crippen molar-refractivity contribution in [2.45, 2.75) is 26.5 Å². The zero-order valence-corrected chi connectivity index (χ0v) is 11.8. The standard InChI is InChI=1S/C15H18N2O3/c1-10-13(11(2)20-17-10)9-16-15(18)14(19-3)12-7-5-4-6-8-12/h4-8,14H,9H2,1-3H3,(H,16,18). The molecule has 1 heterocycles. The molecule has 2 aromatic rings. The quantitative estimate of drug-likeness (QED) is 0.908. The van der Waals surface area contributed by atoms with E-state index in [9.17, 15) is 4.79 Å². The van der Waals surface area contributed by atoms with Gasteiger partial charge in [-0.25, -0.2) is 0 Å². The smallest absolute Gasteiger partial charge is 0.254 e. The molecule has 0 fully saturated rings. The molecule has 0 aliphatic heterocycles. The first-order valence-electron chi connectivity index (χ1n) is 6.40. The van der Waals surface area contributed by atoms with Gasteiger partial charge in [0.15, 0.2) is 6.10 Å². The summed E-state index contributed by atoms with van der Waals surface area (Å²) in [5.41, 5.74) is 2.52. The predicted molar refractivity (Wildman–Crippen MR) is 74.0 cm³/mol. The third-order valence-electron chi connectivity index (χ3n) is 3.20. The summed E-state index contributed by atoms with van der Waals surface area (Å²) in [5.74, 6) is 0.537. The molecule has 106 valence electrons. The van der Waals surface area contributed by atoms with Crippen LogP contribution < -0.4 is 5.32 Å². The predicted octanol–water partition coefficient (Wildman–Crippen LogP) is 2.30. The maximum absolute atomic E-state index is 12.2. The summed E-state index contributed by atoms with van der Waals surface area (Å²) >= 11 is 0. The van der Waals surface area contributed by atoms with Crippen LogP contribution in [0.25, 0.3) is 0 Å². The van der Waals surface area contributed by atoms with Crippen LogP contribution in [0.4, 0.5) is 0 Å². The van der Waals surface area contributed by atoms with Gasteiger partial charge in [-0.2, -0.15) is 0 Å². The Morgan fingerprint density at radius 2 is 2.05 bits per heavy atom. The molecule has 0 bridgehead atoms. The van der Waals surface area contributed by atoms with Gasteiger partial charge in [-0.15, -0.1) is 0 Å². The number of carbonyl (C=O) groups excluding carboxylic acids is 1. The lowest BCUT2D eigenvalue weighted by atomic mass is 10.1. The van der Waals surface area contributed by atoms with Crippen LogP contribution in [-0.4, -0.2) is 18.2 Å². The van der Waals surface area contributed by atoms with E-state index in [1.54, 1.807) is 0 Å². The van der Waals surface area contributed by atoms with Crippen molar-refractivity contribution in [3.8, 4) is 0 Å². The van der Waals surface area contributed by atoms with Gasteiger partial charge in [0.25, 0.3) is 5.91 Å². The molecule has 0 saturated heterocycles. The minimum Gasteiger partial charge on any atom is -0.367 e. The Hall–Kier alpha value is -2.14. The van der Waals surface area contributed by atoms with Crippen molar-refractivity contribution < 1.29 is 14.1 Å². The number of hydrogen-bond donors (Lipinski definition) is 1. The van der Waals surface area contributed by atoms with E-state index in [1.807, 2.05) is 44.2 Å². The fourth-order valence-electron chi connectivity index (χ4n) is 2.04. The molecule has 0 spiro atoms. The van der Waals surface area contributed by atoms with Crippen molar-refractivity contribution in [3.63, 3.8) is 0 Å². The van der Waals surface area contributed by atoms with E-state index in [4.69, 9.17) is 9.26 Å². The third-order valence-corrected chi connectivity index (χ3v) is 3.20. The fraction of sp³-hybridized carbons (Fsp3) is 0.333. The van der Waals surface area contributed by atoms with Crippen molar-refractivity contribution in [3.05, 3.63) is 52.9 Å².